The van der Waals surface area contributed by atoms with Crippen LogP contribution in [0.2, 0.25) is 0 Å². The molecule has 0 amide bonds. The molecule has 148 valence electrons. The highest BCUT2D eigenvalue weighted by Crippen LogP contribution is 2.40. The predicted molar refractivity (Wildman–Crippen MR) is 109 cm³/mol. The van der Waals surface area contributed by atoms with Crippen LogP contribution in [0.3, 0.4) is 0 Å². The summed E-state index contributed by atoms with van der Waals surface area (Å²) in [7, 11) is 0. The molecular weight excluding hydrogens is 373 g/mol. The summed E-state index contributed by atoms with van der Waals surface area (Å²) >= 11 is 0. The Morgan fingerprint density at radius 2 is 1.76 bits per heavy atom. The number of benzene rings is 3. The molecule has 0 N–H and O–H groups in total. The van der Waals surface area contributed by atoms with Gasteiger partial charge in [0.2, 0.25) is 0 Å². The highest BCUT2D eigenvalue weighted by molar-refractivity contribution is 5.87. The molecule has 0 bridgehead atoms. The zero-order valence-corrected chi connectivity index (χ0v) is 16.1. The first-order valence-electron chi connectivity index (χ1n) is 9.82. The molecule has 1 nitrogen and oxygen atoms in total. The highest BCUT2D eigenvalue weighted by Gasteiger charge is 2.31. The Balaban J connectivity index is 1.66. The van der Waals surface area contributed by atoms with Crippen LogP contribution >= 0.6 is 0 Å². The van der Waals surface area contributed by atoms with E-state index < -0.39 is 6.36 Å². The lowest BCUT2D eigenvalue weighted by Crippen LogP contribution is -2.19. The monoisotopic (exact) mass is 394 g/mol. The van der Waals surface area contributed by atoms with Crippen LogP contribution in [0.25, 0.3) is 10.8 Å². The molecule has 2 atom stereocenters. The van der Waals surface area contributed by atoms with E-state index in [0.717, 1.165) is 19.3 Å². The molecule has 1 aliphatic rings. The summed E-state index contributed by atoms with van der Waals surface area (Å²) in [6, 6.07) is 18.5. The fourth-order valence-corrected chi connectivity index (χ4v) is 4.21. The summed E-state index contributed by atoms with van der Waals surface area (Å²) in [4.78, 5) is 0. The van der Waals surface area contributed by atoms with Gasteiger partial charge in [-0.1, -0.05) is 61.6 Å². The minimum Gasteiger partial charge on any atom is -0.406 e. The Bertz CT molecular complexity index is 1070. The van der Waals surface area contributed by atoms with Crippen molar-refractivity contribution in [3.05, 3.63) is 77.4 Å². The number of ether oxygens (including phenoxy) is 1. The maximum Gasteiger partial charge on any atom is 0.573 e. The van der Waals surface area contributed by atoms with Crippen LogP contribution in [0.5, 0.6) is 5.75 Å². The average molecular weight is 394 g/mol. The molecule has 29 heavy (non-hydrogen) atoms. The molecular formula is C25H21F3O. The normalized spacial score (nSPS) is 18.6. The van der Waals surface area contributed by atoms with Crippen molar-refractivity contribution in [3.63, 3.8) is 0 Å². The van der Waals surface area contributed by atoms with E-state index in [0.29, 0.717) is 11.5 Å². The lowest BCUT2D eigenvalue weighted by Gasteiger charge is -2.30. The second kappa shape index (κ2) is 7.83. The number of hydrogen-bond acceptors (Lipinski definition) is 1. The number of aryl methyl sites for hydroxylation is 1. The van der Waals surface area contributed by atoms with Crippen LogP contribution in [0, 0.1) is 17.8 Å². The van der Waals surface area contributed by atoms with Crippen LogP contribution in [0.1, 0.15) is 42.4 Å². The predicted octanol–water partition coefficient (Wildman–Crippen LogP) is 6.85. The number of rotatable bonds is 2. The Morgan fingerprint density at radius 1 is 1.00 bits per heavy atom. The number of fused-ring (bicyclic) bond motifs is 3. The van der Waals surface area contributed by atoms with E-state index in [2.05, 4.69) is 59.9 Å². The molecule has 4 heteroatoms. The average Bonchev–Trinajstić information content (AvgIpc) is 2.71. The molecule has 3 aromatic carbocycles. The zero-order chi connectivity index (χ0) is 20.4. The SMILES string of the molecule is CC[C@@H]1CCc2c(ccc3ccccc23)[C@H]1C#Cc1ccc(OC(F)(F)F)cc1. The third-order valence-electron chi connectivity index (χ3n) is 5.63. The molecule has 0 aromatic heterocycles. The Morgan fingerprint density at radius 3 is 2.48 bits per heavy atom. The van der Waals surface area contributed by atoms with Gasteiger partial charge in [0.15, 0.2) is 0 Å². The Kier molecular flexibility index (Phi) is 5.24. The van der Waals surface area contributed by atoms with Gasteiger partial charge in [0.1, 0.15) is 5.75 Å². The van der Waals surface area contributed by atoms with Crippen LogP contribution < -0.4 is 4.74 Å². The van der Waals surface area contributed by atoms with Gasteiger partial charge in [0, 0.05) is 11.5 Å². The van der Waals surface area contributed by atoms with E-state index >= 15 is 0 Å². The third kappa shape index (κ3) is 4.24. The van der Waals surface area contributed by atoms with E-state index in [1.165, 1.54) is 34.0 Å². The quantitative estimate of drug-likeness (QED) is 0.432. The van der Waals surface area contributed by atoms with E-state index in [4.69, 9.17) is 0 Å². The topological polar surface area (TPSA) is 9.23 Å². The molecule has 0 fully saturated rings. The van der Waals surface area contributed by atoms with Gasteiger partial charge in [0.25, 0.3) is 0 Å². The summed E-state index contributed by atoms with van der Waals surface area (Å²) in [6.45, 7) is 2.19. The lowest BCUT2D eigenvalue weighted by atomic mass is 9.73. The summed E-state index contributed by atoms with van der Waals surface area (Å²) < 4.78 is 40.9. The van der Waals surface area contributed by atoms with Crippen molar-refractivity contribution in [2.24, 2.45) is 5.92 Å². The zero-order valence-electron chi connectivity index (χ0n) is 16.1. The molecule has 4 rings (SSSR count). The molecule has 0 spiro atoms. The Hall–Kier alpha value is -2.93. The minimum absolute atomic E-state index is 0.124. The first-order valence-corrected chi connectivity index (χ1v) is 9.82. The van der Waals surface area contributed by atoms with Gasteiger partial charge in [0.05, 0.1) is 0 Å². The summed E-state index contributed by atoms with van der Waals surface area (Å²) in [5, 5.41) is 2.54. The van der Waals surface area contributed by atoms with E-state index in [9.17, 15) is 13.2 Å². The number of alkyl halides is 3. The van der Waals surface area contributed by atoms with Crippen molar-refractivity contribution in [1.29, 1.82) is 0 Å². The van der Waals surface area contributed by atoms with Crippen LogP contribution in [0.4, 0.5) is 13.2 Å². The fourth-order valence-electron chi connectivity index (χ4n) is 4.21. The van der Waals surface area contributed by atoms with Gasteiger partial charge in [-0.15, -0.1) is 13.2 Å². The van der Waals surface area contributed by atoms with E-state index in [-0.39, 0.29) is 11.7 Å². The van der Waals surface area contributed by atoms with Crippen molar-refractivity contribution in [3.8, 4) is 17.6 Å². The van der Waals surface area contributed by atoms with Crippen molar-refractivity contribution >= 4 is 10.8 Å². The molecule has 0 unspecified atom stereocenters. The fraction of sp³-hybridized carbons (Fsp3) is 0.280. The van der Waals surface area contributed by atoms with Gasteiger partial charge in [-0.25, -0.2) is 0 Å². The lowest BCUT2D eigenvalue weighted by molar-refractivity contribution is -0.274. The van der Waals surface area contributed by atoms with Gasteiger partial charge in [-0.2, -0.15) is 0 Å². The van der Waals surface area contributed by atoms with E-state index in [1.54, 1.807) is 12.1 Å². The molecule has 0 saturated carbocycles. The van der Waals surface area contributed by atoms with Crippen molar-refractivity contribution in [2.75, 3.05) is 0 Å². The molecule has 0 radical (unpaired) electrons. The molecule has 1 aliphatic carbocycles. The largest absolute Gasteiger partial charge is 0.573 e. The minimum atomic E-state index is -4.68. The van der Waals surface area contributed by atoms with Crippen molar-refractivity contribution in [1.82, 2.24) is 0 Å². The summed E-state index contributed by atoms with van der Waals surface area (Å²) in [6.07, 6.45) is -1.49. The molecule has 0 aliphatic heterocycles. The van der Waals surface area contributed by atoms with Crippen molar-refractivity contribution in [2.45, 2.75) is 38.5 Å². The first kappa shape index (κ1) is 19.4. The van der Waals surface area contributed by atoms with Crippen LogP contribution in [0.15, 0.2) is 60.7 Å². The molecule has 3 aromatic rings. The molecule has 0 heterocycles. The van der Waals surface area contributed by atoms with Crippen LogP contribution in [-0.2, 0) is 6.42 Å². The number of hydrogen-bond donors (Lipinski definition) is 0. The van der Waals surface area contributed by atoms with Crippen molar-refractivity contribution < 1.29 is 17.9 Å². The maximum atomic E-state index is 12.3. The second-order valence-corrected chi connectivity index (χ2v) is 7.38. The standard InChI is InChI=1S/C25H21F3O/c1-2-18-10-15-23-21-6-4-3-5-19(21)11-16-24(23)22(18)14-9-17-7-12-20(13-8-17)29-25(26,27)28/h3-8,11-13,16,18,22H,2,10,15H2,1H3/t18-,22+/m1/s1. The van der Waals surface area contributed by atoms with Gasteiger partial charge in [-0.05, 0) is 64.9 Å². The summed E-state index contributed by atoms with van der Waals surface area (Å²) in [5.74, 6) is 6.95. The smallest absolute Gasteiger partial charge is 0.406 e. The first-order chi connectivity index (χ1) is 13.9. The Labute approximate surface area is 168 Å². The summed E-state index contributed by atoms with van der Waals surface area (Å²) in [5.41, 5.74) is 3.34. The molecule has 0 saturated heterocycles. The van der Waals surface area contributed by atoms with Gasteiger partial charge in [-0.3, -0.25) is 0 Å². The number of halogens is 3. The van der Waals surface area contributed by atoms with E-state index in [1.807, 2.05) is 0 Å². The third-order valence-corrected chi connectivity index (χ3v) is 5.63. The second-order valence-electron chi connectivity index (χ2n) is 7.38. The van der Waals surface area contributed by atoms with Gasteiger partial charge >= 0.3 is 6.36 Å². The van der Waals surface area contributed by atoms with Gasteiger partial charge < -0.3 is 4.74 Å². The van der Waals surface area contributed by atoms with Crippen LogP contribution in [-0.4, -0.2) is 6.36 Å². The highest BCUT2D eigenvalue weighted by atomic mass is 19.4. The maximum absolute atomic E-state index is 12.3.